The van der Waals surface area contributed by atoms with E-state index >= 15 is 0 Å². The minimum absolute atomic E-state index is 0.384. The molecule has 0 unspecified atom stereocenters. The molecule has 2 heterocycles. The number of thiazole rings is 1. The van der Waals surface area contributed by atoms with Crippen LogP contribution in [0.5, 0.6) is 0 Å². The van der Waals surface area contributed by atoms with Crippen LogP contribution in [-0.4, -0.2) is 10.7 Å². The first-order chi connectivity index (χ1) is 14.0. The number of nitrogens with one attached hydrogen (secondary N) is 1. The molecule has 0 fully saturated rings. The number of hydrogen-bond acceptors (Lipinski definition) is 6. The predicted molar refractivity (Wildman–Crippen MR) is 123 cm³/mol. The molecule has 4 rings (SSSR count). The van der Waals surface area contributed by atoms with Gasteiger partial charge in [-0.15, -0.1) is 0 Å². The van der Waals surface area contributed by atoms with Crippen LogP contribution in [0.3, 0.4) is 0 Å². The van der Waals surface area contributed by atoms with Crippen LogP contribution < -0.4 is 11.1 Å². The van der Waals surface area contributed by atoms with Crippen molar-refractivity contribution < 1.29 is 4.42 Å². The van der Waals surface area contributed by atoms with Gasteiger partial charge in [0, 0.05) is 16.1 Å². The highest BCUT2D eigenvalue weighted by Gasteiger charge is 2.12. The largest absolute Gasteiger partial charge is 0.422 e. The molecular formula is C22H18BrN3O2S. The Kier molecular flexibility index (Phi) is 5.60. The number of rotatable bonds is 5. The summed E-state index contributed by atoms with van der Waals surface area (Å²) in [5.74, 6) is 0. The number of aryl methyl sites for hydroxylation is 1. The Balaban J connectivity index is 1.57. The zero-order chi connectivity index (χ0) is 20.4. The minimum atomic E-state index is -0.384. The van der Waals surface area contributed by atoms with E-state index in [9.17, 15) is 4.79 Å². The fourth-order valence-electron chi connectivity index (χ4n) is 2.89. The van der Waals surface area contributed by atoms with E-state index in [-0.39, 0.29) is 5.63 Å². The third-order valence-corrected chi connectivity index (χ3v) is 5.99. The number of anilines is 1. The second-order valence-electron chi connectivity index (χ2n) is 6.52. The number of fused-ring (bicyclic) bond motifs is 1. The lowest BCUT2D eigenvalue weighted by atomic mass is 10.1. The Hall–Kier alpha value is -2.77. The van der Waals surface area contributed by atoms with Gasteiger partial charge in [0.05, 0.1) is 16.2 Å². The van der Waals surface area contributed by atoms with E-state index in [0.29, 0.717) is 16.3 Å². The molecule has 0 aliphatic rings. The van der Waals surface area contributed by atoms with Crippen LogP contribution in [0, 0.1) is 0 Å². The van der Waals surface area contributed by atoms with Crippen LogP contribution in [0.2, 0.25) is 0 Å². The molecule has 0 saturated carbocycles. The van der Waals surface area contributed by atoms with Crippen molar-refractivity contribution in [1.82, 2.24) is 4.98 Å². The molecule has 0 spiro atoms. The lowest BCUT2D eigenvalue weighted by molar-refractivity contribution is 0.563. The van der Waals surface area contributed by atoms with E-state index in [0.717, 1.165) is 32.4 Å². The molecule has 146 valence electrons. The number of aromatic nitrogens is 1. The van der Waals surface area contributed by atoms with Gasteiger partial charge in [0.15, 0.2) is 0 Å². The minimum Gasteiger partial charge on any atom is -0.422 e. The number of halogens is 1. The molecular weight excluding hydrogens is 450 g/mol. The zero-order valence-electron chi connectivity index (χ0n) is 15.9. The van der Waals surface area contributed by atoms with Gasteiger partial charge in [-0.2, -0.15) is 5.10 Å². The predicted octanol–water partition coefficient (Wildman–Crippen LogP) is 6.08. The number of hydrogen-bond donors (Lipinski definition) is 1. The number of hydrazone groups is 1. The Morgan fingerprint density at radius 3 is 2.76 bits per heavy atom. The number of nitrogens with zero attached hydrogens (tertiary/aromatic N) is 2. The van der Waals surface area contributed by atoms with E-state index < -0.39 is 0 Å². The van der Waals surface area contributed by atoms with Crippen molar-refractivity contribution in [3.63, 3.8) is 0 Å². The quantitative estimate of drug-likeness (QED) is 0.219. The molecule has 0 atom stereocenters. The van der Waals surface area contributed by atoms with E-state index in [4.69, 9.17) is 4.42 Å². The topological polar surface area (TPSA) is 67.5 Å². The molecule has 0 saturated heterocycles. The van der Waals surface area contributed by atoms with Gasteiger partial charge in [-0.1, -0.05) is 58.5 Å². The van der Waals surface area contributed by atoms with Crippen molar-refractivity contribution >= 4 is 49.1 Å². The first-order valence-corrected chi connectivity index (χ1v) is 10.7. The van der Waals surface area contributed by atoms with Crippen LogP contribution in [0.1, 0.15) is 25.0 Å². The van der Waals surface area contributed by atoms with Crippen LogP contribution in [-0.2, 0) is 6.42 Å². The summed E-state index contributed by atoms with van der Waals surface area (Å²) in [4.78, 5) is 17.4. The standard InChI is InChI=1S/C22H18BrN3O2S/c1-3-14-4-6-15(7-5-14)13(2)25-26-22-24-12-20(29-22)18-11-16-10-17(23)8-9-19(16)28-21(18)27/h4-12H,3H2,1-2H3,(H,24,26). The van der Waals surface area contributed by atoms with Crippen LogP contribution in [0.15, 0.2) is 73.5 Å². The Labute approximate surface area is 180 Å². The van der Waals surface area contributed by atoms with Gasteiger partial charge in [-0.25, -0.2) is 9.78 Å². The van der Waals surface area contributed by atoms with Crippen molar-refractivity contribution in [2.75, 3.05) is 5.43 Å². The maximum absolute atomic E-state index is 12.4. The maximum Gasteiger partial charge on any atom is 0.345 e. The lowest BCUT2D eigenvalue weighted by Crippen LogP contribution is -2.01. The Bertz CT molecular complexity index is 1260. The molecule has 0 aliphatic heterocycles. The molecule has 0 bridgehead atoms. The summed E-state index contributed by atoms with van der Waals surface area (Å²) in [6, 6.07) is 15.7. The third kappa shape index (κ3) is 4.31. The Morgan fingerprint density at radius 2 is 2.00 bits per heavy atom. The second kappa shape index (κ2) is 8.31. The molecule has 2 aromatic heterocycles. The average Bonchev–Trinajstić information content (AvgIpc) is 3.20. The highest BCUT2D eigenvalue weighted by Crippen LogP contribution is 2.29. The van der Waals surface area contributed by atoms with Crippen LogP contribution in [0.4, 0.5) is 5.13 Å². The summed E-state index contributed by atoms with van der Waals surface area (Å²) in [6.07, 6.45) is 2.67. The van der Waals surface area contributed by atoms with Crippen LogP contribution in [0.25, 0.3) is 21.4 Å². The monoisotopic (exact) mass is 467 g/mol. The van der Waals surface area contributed by atoms with Crippen molar-refractivity contribution in [3.05, 3.63) is 80.7 Å². The molecule has 0 radical (unpaired) electrons. The highest BCUT2D eigenvalue weighted by atomic mass is 79.9. The fourth-order valence-corrected chi connectivity index (χ4v) is 4.04. The van der Waals surface area contributed by atoms with E-state index in [1.165, 1.54) is 16.9 Å². The third-order valence-electron chi connectivity index (χ3n) is 4.56. The molecule has 0 amide bonds. The van der Waals surface area contributed by atoms with E-state index in [1.807, 2.05) is 25.1 Å². The molecule has 5 nitrogen and oxygen atoms in total. The van der Waals surface area contributed by atoms with E-state index in [1.54, 1.807) is 12.3 Å². The van der Waals surface area contributed by atoms with Gasteiger partial charge in [0.25, 0.3) is 0 Å². The fraction of sp³-hybridized carbons (Fsp3) is 0.136. The van der Waals surface area contributed by atoms with Crippen molar-refractivity contribution in [2.45, 2.75) is 20.3 Å². The summed E-state index contributed by atoms with van der Waals surface area (Å²) in [6.45, 7) is 4.07. The first kappa shape index (κ1) is 19.5. The molecule has 4 aromatic rings. The van der Waals surface area contributed by atoms with Crippen molar-refractivity contribution in [2.24, 2.45) is 5.10 Å². The summed E-state index contributed by atoms with van der Waals surface area (Å²) in [5, 5.41) is 5.88. The summed E-state index contributed by atoms with van der Waals surface area (Å²) in [5.41, 5.74) is 6.84. The zero-order valence-corrected chi connectivity index (χ0v) is 18.3. The normalized spacial score (nSPS) is 11.8. The molecule has 7 heteroatoms. The SMILES string of the molecule is CCc1ccc(C(C)=NNc2ncc(-c3cc4cc(Br)ccc4oc3=O)s2)cc1. The molecule has 2 aromatic carbocycles. The highest BCUT2D eigenvalue weighted by molar-refractivity contribution is 9.10. The van der Waals surface area contributed by atoms with Crippen molar-refractivity contribution in [1.29, 1.82) is 0 Å². The summed E-state index contributed by atoms with van der Waals surface area (Å²) >= 11 is 4.80. The van der Waals surface area contributed by atoms with Gasteiger partial charge in [0.1, 0.15) is 5.58 Å². The summed E-state index contributed by atoms with van der Waals surface area (Å²) in [7, 11) is 0. The second-order valence-corrected chi connectivity index (χ2v) is 8.47. The van der Waals surface area contributed by atoms with Gasteiger partial charge in [-0.3, -0.25) is 5.43 Å². The number of benzene rings is 2. The van der Waals surface area contributed by atoms with Gasteiger partial charge >= 0.3 is 5.63 Å². The summed E-state index contributed by atoms with van der Waals surface area (Å²) < 4.78 is 6.37. The molecule has 29 heavy (non-hydrogen) atoms. The van der Waals surface area contributed by atoms with Crippen molar-refractivity contribution in [3.8, 4) is 10.4 Å². The van der Waals surface area contributed by atoms with Gasteiger partial charge in [-0.05, 0) is 48.7 Å². The van der Waals surface area contributed by atoms with Gasteiger partial charge in [0.2, 0.25) is 5.13 Å². The molecule has 1 N–H and O–H groups in total. The lowest BCUT2D eigenvalue weighted by Gasteiger charge is -2.03. The average molecular weight is 468 g/mol. The maximum atomic E-state index is 12.4. The van der Waals surface area contributed by atoms with Crippen LogP contribution >= 0.6 is 27.3 Å². The smallest absolute Gasteiger partial charge is 0.345 e. The van der Waals surface area contributed by atoms with Gasteiger partial charge < -0.3 is 4.42 Å². The molecule has 0 aliphatic carbocycles. The van der Waals surface area contributed by atoms with E-state index in [2.05, 4.69) is 62.6 Å². The Morgan fingerprint density at radius 1 is 1.21 bits per heavy atom. The first-order valence-electron chi connectivity index (χ1n) is 9.12.